The molecule has 2 nitrogen and oxygen atoms in total. The molecule has 0 radical (unpaired) electrons. The third-order valence-electron chi connectivity index (χ3n) is 1.51. The summed E-state index contributed by atoms with van der Waals surface area (Å²) in [4.78, 5) is 3.16. The molecule has 0 saturated carbocycles. The van der Waals surface area contributed by atoms with Gasteiger partial charge >= 0.3 is 0 Å². The van der Waals surface area contributed by atoms with Gasteiger partial charge in [0.2, 0.25) is 0 Å². The Hall–Kier alpha value is -1.56. The monoisotopic (exact) mass is 179 g/mol. The molecule has 1 aromatic rings. The van der Waals surface area contributed by atoms with Crippen LogP contribution in [0.5, 0.6) is 5.75 Å². The van der Waals surface area contributed by atoms with Crippen molar-refractivity contribution in [3.05, 3.63) is 41.5 Å². The Morgan fingerprint density at radius 1 is 1.54 bits per heavy atom. The minimum absolute atomic E-state index is 0.207. The molecule has 0 fully saturated rings. The van der Waals surface area contributed by atoms with Gasteiger partial charge in [0, 0.05) is 0 Å². The second-order valence-electron chi connectivity index (χ2n) is 2.70. The van der Waals surface area contributed by atoms with Crippen LogP contribution in [0.25, 0.3) is 4.85 Å². The van der Waals surface area contributed by atoms with Crippen molar-refractivity contribution in [1.29, 1.82) is 0 Å². The van der Waals surface area contributed by atoms with E-state index in [0.717, 1.165) is 0 Å². The summed E-state index contributed by atoms with van der Waals surface area (Å²) in [6, 6.07) is 6.18. The molecule has 0 heterocycles. The fourth-order valence-corrected chi connectivity index (χ4v) is 0.923. The first-order chi connectivity index (χ1) is 6.24. The summed E-state index contributed by atoms with van der Waals surface area (Å²) in [7, 11) is 0. The van der Waals surface area contributed by atoms with Crippen LogP contribution in [-0.2, 0) is 0 Å². The van der Waals surface area contributed by atoms with Crippen LogP contribution in [0.2, 0.25) is 0 Å². The number of hydrogen-bond acceptors (Lipinski definition) is 1. The Morgan fingerprint density at radius 3 is 2.85 bits per heavy atom. The van der Waals surface area contributed by atoms with E-state index < -0.39 is 0 Å². The summed E-state index contributed by atoms with van der Waals surface area (Å²) < 4.78 is 18.2. The van der Waals surface area contributed by atoms with Crippen molar-refractivity contribution >= 4 is 0 Å². The maximum absolute atomic E-state index is 13.0. The van der Waals surface area contributed by atoms with Gasteiger partial charge in [0.25, 0.3) is 6.54 Å². The van der Waals surface area contributed by atoms with Crippen LogP contribution in [0.1, 0.15) is 6.92 Å². The Morgan fingerprint density at radius 2 is 2.23 bits per heavy atom. The van der Waals surface area contributed by atoms with Gasteiger partial charge in [-0.1, -0.05) is 12.1 Å². The lowest BCUT2D eigenvalue weighted by Crippen LogP contribution is -2.15. The quantitative estimate of drug-likeness (QED) is 0.650. The molecule has 0 spiro atoms. The van der Waals surface area contributed by atoms with E-state index in [4.69, 9.17) is 11.3 Å². The second kappa shape index (κ2) is 4.46. The number of halogens is 1. The van der Waals surface area contributed by atoms with Crippen molar-refractivity contribution in [2.45, 2.75) is 13.0 Å². The number of hydrogen-bond donors (Lipinski definition) is 0. The van der Waals surface area contributed by atoms with Gasteiger partial charge in [0.15, 0.2) is 17.7 Å². The summed E-state index contributed by atoms with van der Waals surface area (Å²) in [6.07, 6.45) is -0.269. The molecule has 3 heteroatoms. The Balaban J connectivity index is 2.64. The van der Waals surface area contributed by atoms with Crippen molar-refractivity contribution in [3.8, 4) is 5.75 Å². The molecule has 0 bridgehead atoms. The van der Waals surface area contributed by atoms with Gasteiger partial charge in [-0.2, -0.15) is 0 Å². The number of para-hydroxylation sites is 1. The molecule has 0 amide bonds. The molecule has 0 N–H and O–H groups in total. The maximum Gasteiger partial charge on any atom is 0.250 e. The molecule has 0 aromatic heterocycles. The van der Waals surface area contributed by atoms with Crippen LogP contribution >= 0.6 is 0 Å². The summed E-state index contributed by atoms with van der Waals surface area (Å²) >= 11 is 0. The predicted molar refractivity (Wildman–Crippen MR) is 48.0 cm³/mol. The van der Waals surface area contributed by atoms with Crippen molar-refractivity contribution in [1.82, 2.24) is 0 Å². The van der Waals surface area contributed by atoms with E-state index in [-0.39, 0.29) is 24.2 Å². The summed E-state index contributed by atoms with van der Waals surface area (Å²) in [5.41, 5.74) is 0. The lowest BCUT2D eigenvalue weighted by Gasteiger charge is -2.09. The Kier molecular flexibility index (Phi) is 3.27. The Labute approximate surface area is 76.8 Å². The highest BCUT2D eigenvalue weighted by atomic mass is 19.1. The van der Waals surface area contributed by atoms with Crippen molar-refractivity contribution < 1.29 is 9.13 Å². The number of rotatable bonds is 3. The van der Waals surface area contributed by atoms with Crippen LogP contribution in [0.4, 0.5) is 4.39 Å². The van der Waals surface area contributed by atoms with Gasteiger partial charge in [0.1, 0.15) is 0 Å². The Bertz CT molecular complexity index is 319. The topological polar surface area (TPSA) is 13.6 Å². The highest BCUT2D eigenvalue weighted by Crippen LogP contribution is 2.16. The molecule has 1 rings (SSSR count). The number of benzene rings is 1. The first kappa shape index (κ1) is 9.53. The lowest BCUT2D eigenvalue weighted by atomic mass is 10.3. The van der Waals surface area contributed by atoms with E-state index in [1.54, 1.807) is 25.1 Å². The number of ether oxygens (including phenoxy) is 1. The van der Waals surface area contributed by atoms with E-state index in [2.05, 4.69) is 4.85 Å². The molecular formula is C10H10FNO. The molecule has 0 aliphatic rings. The third-order valence-corrected chi connectivity index (χ3v) is 1.51. The van der Waals surface area contributed by atoms with E-state index in [1.807, 2.05) is 0 Å². The van der Waals surface area contributed by atoms with E-state index in [0.29, 0.717) is 0 Å². The van der Waals surface area contributed by atoms with Crippen LogP contribution in [0.3, 0.4) is 0 Å². The summed E-state index contributed by atoms with van der Waals surface area (Å²) in [5.74, 6) is -0.182. The lowest BCUT2D eigenvalue weighted by molar-refractivity contribution is 0.227. The smallest absolute Gasteiger partial charge is 0.250 e. The van der Waals surface area contributed by atoms with Gasteiger partial charge in [-0.05, 0) is 19.1 Å². The van der Waals surface area contributed by atoms with Gasteiger partial charge in [-0.15, -0.1) is 0 Å². The van der Waals surface area contributed by atoms with Crippen molar-refractivity contribution in [2.24, 2.45) is 0 Å². The average Bonchev–Trinajstić information content (AvgIpc) is 2.09. The zero-order chi connectivity index (χ0) is 9.68. The van der Waals surface area contributed by atoms with Crippen molar-refractivity contribution in [3.63, 3.8) is 0 Å². The largest absolute Gasteiger partial charge is 0.480 e. The highest BCUT2D eigenvalue weighted by Gasteiger charge is 2.08. The fourth-order valence-electron chi connectivity index (χ4n) is 0.923. The molecule has 0 saturated heterocycles. The molecule has 68 valence electrons. The normalized spacial score (nSPS) is 11.8. The molecule has 0 aliphatic heterocycles. The van der Waals surface area contributed by atoms with E-state index >= 15 is 0 Å². The minimum atomic E-state index is -0.390. The van der Waals surface area contributed by atoms with E-state index in [9.17, 15) is 4.39 Å². The molecule has 1 aromatic carbocycles. The van der Waals surface area contributed by atoms with Crippen LogP contribution in [0.15, 0.2) is 24.3 Å². The first-order valence-electron chi connectivity index (χ1n) is 3.98. The van der Waals surface area contributed by atoms with E-state index in [1.165, 1.54) is 6.07 Å². The average molecular weight is 179 g/mol. The van der Waals surface area contributed by atoms with Crippen LogP contribution < -0.4 is 4.74 Å². The minimum Gasteiger partial charge on any atom is -0.480 e. The molecular weight excluding hydrogens is 169 g/mol. The second-order valence-corrected chi connectivity index (χ2v) is 2.70. The number of nitrogens with zero attached hydrogens (tertiary/aromatic N) is 1. The zero-order valence-corrected chi connectivity index (χ0v) is 7.33. The molecule has 1 unspecified atom stereocenters. The van der Waals surface area contributed by atoms with Crippen LogP contribution in [-0.4, -0.2) is 12.6 Å². The zero-order valence-electron chi connectivity index (χ0n) is 7.33. The predicted octanol–water partition coefficient (Wildman–Crippen LogP) is 2.51. The van der Waals surface area contributed by atoms with Gasteiger partial charge in [-0.25, -0.2) is 11.0 Å². The summed E-state index contributed by atoms with van der Waals surface area (Å²) in [6.45, 7) is 8.59. The maximum atomic E-state index is 13.0. The van der Waals surface area contributed by atoms with Gasteiger partial charge in [-0.3, -0.25) is 0 Å². The summed E-state index contributed by atoms with van der Waals surface area (Å²) in [5, 5.41) is 0. The van der Waals surface area contributed by atoms with Gasteiger partial charge in [0.05, 0.1) is 0 Å². The standard InChI is InChI=1S/C10H10FNO/c1-8(7-12-2)13-10-6-4-3-5-9(10)11/h3-6,8H,7H2,1H3. The molecule has 1 atom stereocenters. The van der Waals surface area contributed by atoms with Crippen LogP contribution in [0, 0.1) is 12.4 Å². The van der Waals surface area contributed by atoms with Gasteiger partial charge < -0.3 is 9.58 Å². The first-order valence-corrected chi connectivity index (χ1v) is 3.98. The highest BCUT2D eigenvalue weighted by molar-refractivity contribution is 5.23. The van der Waals surface area contributed by atoms with Crippen molar-refractivity contribution in [2.75, 3.05) is 6.54 Å². The fraction of sp³-hybridized carbons (Fsp3) is 0.300. The molecule has 13 heavy (non-hydrogen) atoms. The molecule has 0 aliphatic carbocycles. The third kappa shape index (κ3) is 2.75. The SMILES string of the molecule is [C-]#[N+]CC(C)Oc1ccccc1F.